The summed E-state index contributed by atoms with van der Waals surface area (Å²) in [6.45, 7) is 6.93. The Morgan fingerprint density at radius 3 is 2.93 bits per heavy atom. The van der Waals surface area contributed by atoms with E-state index < -0.39 is 0 Å². The molecule has 0 aliphatic rings. The molecule has 0 aliphatic heterocycles. The van der Waals surface area contributed by atoms with Crippen LogP contribution >= 0.6 is 11.3 Å². The first kappa shape index (κ1) is 9.78. The molecule has 0 aromatic carbocycles. The van der Waals surface area contributed by atoms with E-state index in [1.54, 1.807) is 0 Å². The zero-order chi connectivity index (χ0) is 10.2. The van der Waals surface area contributed by atoms with E-state index in [1.165, 1.54) is 28.6 Å². The Kier molecular flexibility index (Phi) is 2.40. The van der Waals surface area contributed by atoms with Crippen molar-refractivity contribution in [3.63, 3.8) is 0 Å². The molecule has 1 nitrogen and oxygen atoms in total. The van der Waals surface area contributed by atoms with Gasteiger partial charge in [0.2, 0.25) is 0 Å². The van der Waals surface area contributed by atoms with E-state index in [9.17, 15) is 0 Å². The minimum absolute atomic E-state index is 0.416. The van der Waals surface area contributed by atoms with Crippen LogP contribution in [0, 0.1) is 5.41 Å². The standard InChI is InChI=1S/C12H17NS/c1-4-12(2,3)7-9-8-14-10-5-6-13-11(9)10/h5-6,8,13H,4,7H2,1-3H3. The molecule has 0 unspecified atom stereocenters. The van der Waals surface area contributed by atoms with Gasteiger partial charge in [-0.25, -0.2) is 0 Å². The van der Waals surface area contributed by atoms with E-state index in [4.69, 9.17) is 0 Å². The number of aromatic amines is 1. The summed E-state index contributed by atoms with van der Waals surface area (Å²) < 4.78 is 1.38. The fourth-order valence-corrected chi connectivity index (χ4v) is 2.59. The highest BCUT2D eigenvalue weighted by Gasteiger charge is 2.18. The van der Waals surface area contributed by atoms with Crippen molar-refractivity contribution in [1.82, 2.24) is 4.98 Å². The predicted molar refractivity (Wildman–Crippen MR) is 64.0 cm³/mol. The zero-order valence-electron chi connectivity index (χ0n) is 9.05. The van der Waals surface area contributed by atoms with Crippen molar-refractivity contribution < 1.29 is 0 Å². The fraction of sp³-hybridized carbons (Fsp3) is 0.500. The molecule has 0 fully saturated rings. The summed E-state index contributed by atoms with van der Waals surface area (Å²) in [5.41, 5.74) is 3.23. The summed E-state index contributed by atoms with van der Waals surface area (Å²) in [6, 6.07) is 2.16. The summed E-state index contributed by atoms with van der Waals surface area (Å²) in [5.74, 6) is 0. The van der Waals surface area contributed by atoms with Crippen molar-refractivity contribution >= 4 is 21.6 Å². The normalized spacial score (nSPS) is 12.5. The predicted octanol–water partition coefficient (Wildman–Crippen LogP) is 4.21. The highest BCUT2D eigenvalue weighted by atomic mass is 32.1. The lowest BCUT2D eigenvalue weighted by atomic mass is 9.84. The van der Waals surface area contributed by atoms with Crippen LogP contribution in [0.1, 0.15) is 32.8 Å². The zero-order valence-corrected chi connectivity index (χ0v) is 9.87. The third-order valence-corrected chi connectivity index (χ3v) is 3.98. The van der Waals surface area contributed by atoms with Gasteiger partial charge in [-0.3, -0.25) is 0 Å². The largest absolute Gasteiger partial charge is 0.360 e. The Balaban J connectivity index is 2.31. The third kappa shape index (κ3) is 1.71. The number of fused-ring (bicyclic) bond motifs is 1. The summed E-state index contributed by atoms with van der Waals surface area (Å²) in [7, 11) is 0. The van der Waals surface area contributed by atoms with Crippen molar-refractivity contribution in [2.24, 2.45) is 5.41 Å². The summed E-state index contributed by atoms with van der Waals surface area (Å²) in [4.78, 5) is 3.33. The number of hydrogen-bond acceptors (Lipinski definition) is 1. The molecule has 2 heterocycles. The average molecular weight is 207 g/mol. The van der Waals surface area contributed by atoms with Crippen LogP contribution in [0.25, 0.3) is 10.2 Å². The number of thiophene rings is 1. The van der Waals surface area contributed by atoms with Crippen LogP contribution in [0.4, 0.5) is 0 Å². The van der Waals surface area contributed by atoms with Gasteiger partial charge in [0.05, 0.1) is 10.2 Å². The second-order valence-corrected chi connectivity index (χ2v) is 5.58. The minimum atomic E-state index is 0.416. The molecule has 1 N–H and O–H groups in total. The van der Waals surface area contributed by atoms with E-state index in [2.05, 4.69) is 37.2 Å². The van der Waals surface area contributed by atoms with E-state index in [1.807, 2.05) is 17.5 Å². The molecule has 14 heavy (non-hydrogen) atoms. The van der Waals surface area contributed by atoms with Crippen LogP contribution < -0.4 is 0 Å². The maximum absolute atomic E-state index is 3.33. The number of hydrogen-bond donors (Lipinski definition) is 1. The second kappa shape index (κ2) is 3.43. The first-order valence-electron chi connectivity index (χ1n) is 5.16. The number of nitrogens with one attached hydrogen (secondary N) is 1. The molecule has 0 saturated carbocycles. The van der Waals surface area contributed by atoms with Crippen molar-refractivity contribution in [3.8, 4) is 0 Å². The van der Waals surface area contributed by atoms with Gasteiger partial charge >= 0.3 is 0 Å². The molecule has 0 radical (unpaired) electrons. The van der Waals surface area contributed by atoms with Gasteiger partial charge in [-0.15, -0.1) is 11.3 Å². The molecule has 2 rings (SSSR count). The highest BCUT2D eigenvalue weighted by Crippen LogP contribution is 2.32. The Labute approximate surface area is 89.2 Å². The number of rotatable bonds is 3. The molecule has 0 amide bonds. The molecule has 0 aliphatic carbocycles. The maximum atomic E-state index is 3.33. The lowest BCUT2D eigenvalue weighted by Gasteiger charge is -2.21. The van der Waals surface area contributed by atoms with Crippen molar-refractivity contribution in [2.75, 3.05) is 0 Å². The van der Waals surface area contributed by atoms with Crippen LogP contribution in [-0.2, 0) is 6.42 Å². The van der Waals surface area contributed by atoms with Crippen molar-refractivity contribution in [2.45, 2.75) is 33.6 Å². The van der Waals surface area contributed by atoms with E-state index in [-0.39, 0.29) is 0 Å². The lowest BCUT2D eigenvalue weighted by molar-refractivity contribution is 0.350. The van der Waals surface area contributed by atoms with Gasteiger partial charge in [0.15, 0.2) is 0 Å². The summed E-state index contributed by atoms with van der Waals surface area (Å²) >= 11 is 1.84. The highest BCUT2D eigenvalue weighted by molar-refractivity contribution is 7.17. The van der Waals surface area contributed by atoms with Gasteiger partial charge in [-0.1, -0.05) is 27.2 Å². The van der Waals surface area contributed by atoms with Crippen LogP contribution in [0.15, 0.2) is 17.6 Å². The molecule has 0 atom stereocenters. The first-order chi connectivity index (χ1) is 6.62. The molecule has 0 bridgehead atoms. The quantitative estimate of drug-likeness (QED) is 0.776. The molecule has 2 aromatic rings. The van der Waals surface area contributed by atoms with Gasteiger partial charge in [0.25, 0.3) is 0 Å². The van der Waals surface area contributed by atoms with Gasteiger partial charge in [-0.2, -0.15) is 0 Å². The van der Waals surface area contributed by atoms with E-state index in [0.29, 0.717) is 5.41 Å². The number of aromatic nitrogens is 1. The molecular weight excluding hydrogens is 190 g/mol. The SMILES string of the molecule is CCC(C)(C)Cc1csc2cc[nH]c12. The second-order valence-electron chi connectivity index (χ2n) is 4.67. The van der Waals surface area contributed by atoms with Crippen LogP contribution in [0.5, 0.6) is 0 Å². The van der Waals surface area contributed by atoms with Gasteiger partial charge in [0, 0.05) is 6.20 Å². The van der Waals surface area contributed by atoms with Crippen LogP contribution in [0.2, 0.25) is 0 Å². The lowest BCUT2D eigenvalue weighted by Crippen LogP contribution is -2.12. The van der Waals surface area contributed by atoms with E-state index in [0.717, 1.165) is 0 Å². The molecule has 0 saturated heterocycles. The van der Waals surface area contributed by atoms with Crippen molar-refractivity contribution in [3.05, 3.63) is 23.2 Å². The molecule has 76 valence electrons. The fourth-order valence-electron chi connectivity index (χ4n) is 1.67. The summed E-state index contributed by atoms with van der Waals surface area (Å²) in [5, 5.41) is 2.29. The Bertz CT molecular complexity index is 422. The average Bonchev–Trinajstić information content (AvgIpc) is 2.70. The van der Waals surface area contributed by atoms with Gasteiger partial charge in [-0.05, 0) is 28.8 Å². The summed E-state index contributed by atoms with van der Waals surface area (Å²) in [6.07, 6.45) is 4.43. The van der Waals surface area contributed by atoms with Gasteiger partial charge in [0.1, 0.15) is 0 Å². The Hall–Kier alpha value is -0.760. The first-order valence-corrected chi connectivity index (χ1v) is 6.04. The topological polar surface area (TPSA) is 15.8 Å². The Morgan fingerprint density at radius 2 is 2.21 bits per heavy atom. The molecular formula is C12H17NS. The van der Waals surface area contributed by atoms with Gasteiger partial charge < -0.3 is 4.98 Å². The number of H-pyrrole nitrogens is 1. The minimum Gasteiger partial charge on any atom is -0.360 e. The van der Waals surface area contributed by atoms with Crippen LogP contribution in [-0.4, -0.2) is 4.98 Å². The maximum Gasteiger partial charge on any atom is 0.0596 e. The molecule has 2 heteroatoms. The van der Waals surface area contributed by atoms with Crippen LogP contribution in [0.3, 0.4) is 0 Å². The molecule has 0 spiro atoms. The van der Waals surface area contributed by atoms with Crippen molar-refractivity contribution in [1.29, 1.82) is 0 Å². The smallest absolute Gasteiger partial charge is 0.0596 e. The van der Waals surface area contributed by atoms with E-state index >= 15 is 0 Å². The molecule has 2 aromatic heterocycles. The third-order valence-electron chi connectivity index (χ3n) is 2.98. The Morgan fingerprint density at radius 1 is 1.43 bits per heavy atom. The monoisotopic (exact) mass is 207 g/mol.